The second kappa shape index (κ2) is 4.43. The van der Waals surface area contributed by atoms with E-state index in [9.17, 15) is 8.42 Å². The molecule has 0 N–H and O–H groups in total. The Morgan fingerprint density at radius 1 is 1.62 bits per heavy atom. The number of ether oxygens (including phenoxy) is 1. The Morgan fingerprint density at radius 3 is 2.46 bits per heavy atom. The molecule has 0 fully saturated rings. The molecule has 1 atom stereocenters. The minimum Gasteiger partial charge on any atom is -0.345 e. The predicted octanol–water partition coefficient (Wildman–Crippen LogP) is 0.983. The average Bonchev–Trinajstić information content (AvgIpc) is 1.82. The first-order chi connectivity index (χ1) is 5.83. The van der Waals surface area contributed by atoms with Crippen LogP contribution in [0.15, 0.2) is 5.11 Å². The highest BCUT2D eigenvalue weighted by Gasteiger charge is 2.28. The molecule has 76 valence electrons. The van der Waals surface area contributed by atoms with Gasteiger partial charge in [-0.2, -0.15) is 8.42 Å². The molecular formula is C5H11N3O4S. The summed E-state index contributed by atoms with van der Waals surface area (Å²) >= 11 is 0. The predicted molar refractivity (Wildman–Crippen MR) is 45.1 cm³/mol. The zero-order chi connectivity index (χ0) is 10.5. The van der Waals surface area contributed by atoms with Crippen LogP contribution in [0.3, 0.4) is 0 Å². The molecule has 0 heterocycles. The maximum absolute atomic E-state index is 10.7. The Bertz CT molecular complexity index is 308. The van der Waals surface area contributed by atoms with Crippen LogP contribution in [0.2, 0.25) is 0 Å². The first-order valence-corrected chi connectivity index (χ1v) is 5.25. The molecule has 0 aliphatic heterocycles. The van der Waals surface area contributed by atoms with E-state index in [0.29, 0.717) is 0 Å². The maximum Gasteiger partial charge on any atom is 0.267 e. The van der Waals surface area contributed by atoms with Crippen molar-refractivity contribution in [2.45, 2.75) is 19.8 Å². The Hall–Kier alpha value is -0.820. The number of hydrogen-bond donors (Lipinski definition) is 0. The summed E-state index contributed by atoms with van der Waals surface area (Å²) in [6.07, 6.45) is 0.844. The molecule has 0 aliphatic rings. The molecule has 7 nitrogen and oxygen atoms in total. The lowest BCUT2D eigenvalue weighted by Crippen LogP contribution is -2.31. The van der Waals surface area contributed by atoms with Crippen molar-refractivity contribution < 1.29 is 17.3 Å². The molecule has 0 radical (unpaired) electrons. The van der Waals surface area contributed by atoms with Crippen molar-refractivity contribution in [2.75, 3.05) is 12.9 Å². The van der Waals surface area contributed by atoms with E-state index in [0.717, 1.165) is 6.26 Å². The lowest BCUT2D eigenvalue weighted by atomic mass is 10.6. The van der Waals surface area contributed by atoms with Crippen molar-refractivity contribution in [1.82, 2.24) is 0 Å². The molecule has 0 saturated carbocycles. The van der Waals surface area contributed by atoms with Crippen LogP contribution < -0.4 is 0 Å². The van der Waals surface area contributed by atoms with Crippen LogP contribution >= 0.6 is 0 Å². The maximum atomic E-state index is 10.7. The second-order valence-electron chi connectivity index (χ2n) is 2.31. The van der Waals surface area contributed by atoms with Crippen LogP contribution in [0.25, 0.3) is 10.4 Å². The lowest BCUT2D eigenvalue weighted by molar-refractivity contribution is -0.157. The van der Waals surface area contributed by atoms with E-state index in [1.807, 2.05) is 0 Å². The van der Waals surface area contributed by atoms with Crippen molar-refractivity contribution in [3.8, 4) is 0 Å². The van der Waals surface area contributed by atoms with Crippen LogP contribution in [0.4, 0.5) is 0 Å². The zero-order valence-corrected chi connectivity index (χ0v) is 8.41. The number of azide groups is 1. The molecule has 0 aromatic carbocycles. The molecular weight excluding hydrogens is 198 g/mol. The summed E-state index contributed by atoms with van der Waals surface area (Å²) in [5, 5.41) is 3.09. The fourth-order valence-electron chi connectivity index (χ4n) is 0.700. The fraction of sp³-hybridized carbons (Fsp3) is 1.00. The Kier molecular flexibility index (Phi) is 4.15. The standard InChI is InChI=1S/C5H11N3O4S/c1-4-11-5(2,7-8-6)12-13(3,9)10/h4H2,1-3H3. The van der Waals surface area contributed by atoms with Gasteiger partial charge in [-0.05, 0) is 24.5 Å². The molecule has 1 unspecified atom stereocenters. The highest BCUT2D eigenvalue weighted by atomic mass is 32.2. The van der Waals surface area contributed by atoms with E-state index < -0.39 is 16.0 Å². The van der Waals surface area contributed by atoms with Gasteiger partial charge >= 0.3 is 0 Å². The SMILES string of the molecule is CCOC(C)(N=[N+]=[N-])OS(C)(=O)=O. The number of nitrogens with zero attached hydrogens (tertiary/aromatic N) is 3. The Morgan fingerprint density at radius 2 is 2.15 bits per heavy atom. The van der Waals surface area contributed by atoms with Crippen LogP contribution in [0.1, 0.15) is 13.8 Å². The minimum absolute atomic E-state index is 0.172. The molecule has 0 rings (SSSR count). The van der Waals surface area contributed by atoms with Crippen molar-refractivity contribution in [1.29, 1.82) is 0 Å². The highest BCUT2D eigenvalue weighted by molar-refractivity contribution is 7.86. The third-order valence-corrected chi connectivity index (χ3v) is 1.56. The first-order valence-electron chi connectivity index (χ1n) is 3.44. The molecule has 0 spiro atoms. The van der Waals surface area contributed by atoms with Gasteiger partial charge in [0, 0.05) is 11.5 Å². The third-order valence-electron chi connectivity index (χ3n) is 0.945. The monoisotopic (exact) mass is 209 g/mol. The van der Waals surface area contributed by atoms with Crippen LogP contribution in [0, 0.1) is 0 Å². The highest BCUT2D eigenvalue weighted by Crippen LogP contribution is 2.17. The van der Waals surface area contributed by atoms with Crippen molar-refractivity contribution >= 4 is 10.1 Å². The molecule has 8 heteroatoms. The third kappa shape index (κ3) is 5.42. The summed E-state index contributed by atoms with van der Waals surface area (Å²) < 4.78 is 30.7. The Labute approximate surface area is 76.4 Å². The fourth-order valence-corrected chi connectivity index (χ4v) is 1.34. The van der Waals surface area contributed by atoms with Gasteiger partial charge in [-0.3, -0.25) is 0 Å². The van der Waals surface area contributed by atoms with Crippen LogP contribution in [-0.4, -0.2) is 27.2 Å². The van der Waals surface area contributed by atoms with E-state index >= 15 is 0 Å². The summed E-state index contributed by atoms with van der Waals surface area (Å²) in [4.78, 5) is 2.42. The van der Waals surface area contributed by atoms with Gasteiger partial charge in [0.25, 0.3) is 16.0 Å². The van der Waals surface area contributed by atoms with Crippen LogP contribution in [0.5, 0.6) is 0 Å². The summed E-state index contributed by atoms with van der Waals surface area (Å²) in [5.41, 5.74) is 8.13. The van der Waals surface area contributed by atoms with E-state index in [1.54, 1.807) is 6.92 Å². The van der Waals surface area contributed by atoms with Gasteiger partial charge in [-0.1, -0.05) is 0 Å². The van der Waals surface area contributed by atoms with E-state index in [1.165, 1.54) is 6.92 Å². The van der Waals surface area contributed by atoms with Crippen molar-refractivity contribution in [2.24, 2.45) is 5.11 Å². The zero-order valence-electron chi connectivity index (χ0n) is 7.59. The largest absolute Gasteiger partial charge is 0.345 e. The van der Waals surface area contributed by atoms with Crippen LogP contribution in [-0.2, 0) is 19.0 Å². The van der Waals surface area contributed by atoms with Crippen molar-refractivity contribution in [3.63, 3.8) is 0 Å². The quantitative estimate of drug-likeness (QED) is 0.221. The lowest BCUT2D eigenvalue weighted by Gasteiger charge is -2.21. The van der Waals surface area contributed by atoms with E-state index in [4.69, 9.17) is 10.3 Å². The van der Waals surface area contributed by atoms with Gasteiger partial charge < -0.3 is 4.74 Å². The van der Waals surface area contributed by atoms with E-state index in [2.05, 4.69) is 14.2 Å². The molecule has 0 bridgehead atoms. The number of hydrogen-bond acceptors (Lipinski definition) is 5. The summed E-state index contributed by atoms with van der Waals surface area (Å²) in [6, 6.07) is 0. The average molecular weight is 209 g/mol. The number of rotatable bonds is 5. The first kappa shape index (κ1) is 12.2. The Balaban J connectivity index is 4.70. The topological polar surface area (TPSA) is 101 Å². The molecule has 0 amide bonds. The van der Waals surface area contributed by atoms with Gasteiger partial charge in [-0.15, -0.1) is 0 Å². The molecule has 13 heavy (non-hydrogen) atoms. The molecule has 0 aromatic rings. The normalized spacial score (nSPS) is 15.9. The molecule has 0 aliphatic carbocycles. The van der Waals surface area contributed by atoms with Gasteiger partial charge in [0.05, 0.1) is 6.26 Å². The van der Waals surface area contributed by atoms with Gasteiger partial charge in [-0.25, -0.2) is 4.18 Å². The molecule has 0 aromatic heterocycles. The van der Waals surface area contributed by atoms with Crippen molar-refractivity contribution in [3.05, 3.63) is 10.4 Å². The second-order valence-corrected chi connectivity index (χ2v) is 3.88. The molecule has 0 saturated heterocycles. The minimum atomic E-state index is -3.72. The summed E-state index contributed by atoms with van der Waals surface area (Å²) in [7, 11) is -3.72. The smallest absolute Gasteiger partial charge is 0.267 e. The summed E-state index contributed by atoms with van der Waals surface area (Å²) in [5.74, 6) is -1.79. The van der Waals surface area contributed by atoms with Gasteiger partial charge in [0.1, 0.15) is 0 Å². The van der Waals surface area contributed by atoms with E-state index in [-0.39, 0.29) is 6.61 Å². The van der Waals surface area contributed by atoms with Gasteiger partial charge in [0.15, 0.2) is 0 Å². The van der Waals surface area contributed by atoms with Gasteiger partial charge in [0.2, 0.25) is 0 Å². The summed E-state index contributed by atoms with van der Waals surface area (Å²) in [6.45, 7) is 3.01.